The van der Waals surface area contributed by atoms with Gasteiger partial charge < -0.3 is 0 Å². The van der Waals surface area contributed by atoms with Gasteiger partial charge in [-0.25, -0.2) is 0 Å². The van der Waals surface area contributed by atoms with Gasteiger partial charge in [0.15, 0.2) is 0 Å². The van der Waals surface area contributed by atoms with Gasteiger partial charge >= 0.3 is 658 Å². The summed E-state index contributed by atoms with van der Waals surface area (Å²) < 4.78 is 2.73. The van der Waals surface area contributed by atoms with Crippen molar-refractivity contribution in [3.63, 3.8) is 0 Å². The normalized spacial score (nSPS) is 12.5. The number of hydrogen-bond acceptors (Lipinski definition) is 5. The molecule has 4 heterocycles. The molecule has 0 saturated carbocycles. The monoisotopic (exact) mass is 1560 g/mol. The molecule has 4 aliphatic heterocycles. The van der Waals surface area contributed by atoms with Crippen molar-refractivity contribution < 1.29 is 0 Å². The first-order chi connectivity index (χ1) is 57.6. The van der Waals surface area contributed by atoms with Crippen LogP contribution in [0.1, 0.15) is 0 Å². The topological polar surface area (TPSA) is 13.0 Å². The Bertz CT molecular complexity index is 6170. The third kappa shape index (κ3) is 11.7. The molecule has 0 aromatic heterocycles. The average molecular weight is 1560 g/mol. The summed E-state index contributed by atoms with van der Waals surface area (Å²) in [4.78, 5) is 12.8. The van der Waals surface area contributed by atoms with E-state index < -0.39 is 0 Å². The van der Waals surface area contributed by atoms with Crippen LogP contribution in [-0.4, -0.2) is 28.4 Å². The van der Waals surface area contributed by atoms with Crippen molar-refractivity contribution in [1.29, 1.82) is 0 Å². The molecule has 542 valence electrons. The van der Waals surface area contributed by atoms with E-state index in [1.54, 1.807) is 0 Å². The van der Waals surface area contributed by atoms with Gasteiger partial charge in [0, 0.05) is 0 Å². The third-order valence-corrected chi connectivity index (χ3v) is 27.2. The van der Waals surface area contributed by atoms with Crippen LogP contribution in [-0.2, 0) is 0 Å². The fraction of sp³-hybridized carbons (Fsp3) is 0. The Morgan fingerprint density at radius 2 is 0.543 bits per heavy atom. The molecular weight excluding hydrogens is 1490 g/mol. The quantitative estimate of drug-likeness (QED) is 0.0946. The molecule has 22 rings (SSSR count). The van der Waals surface area contributed by atoms with E-state index >= 15 is 0 Å². The van der Waals surface area contributed by atoms with Crippen molar-refractivity contribution in [2.75, 3.05) is 19.6 Å². The second-order valence-corrected chi connectivity index (χ2v) is 33.3. The summed E-state index contributed by atoms with van der Waals surface area (Å²) in [6, 6.07) is 163. The fourth-order valence-corrected chi connectivity index (χ4v) is 22.9. The molecule has 0 radical (unpaired) electrons. The predicted octanol–water partition coefficient (Wildman–Crippen LogP) is 23.3. The van der Waals surface area contributed by atoms with Gasteiger partial charge in [0.25, 0.3) is 0 Å². The number of nitrogens with zero attached hydrogens (tertiary/aromatic N) is 4. The molecule has 0 aliphatic carbocycles. The zero-order valence-corrected chi connectivity index (χ0v) is 65.9. The summed E-state index contributed by atoms with van der Waals surface area (Å²) in [7, 11) is 0. The van der Waals surface area contributed by atoms with E-state index in [-0.39, 0.29) is 28.4 Å². The first kappa shape index (κ1) is 68.9. The summed E-state index contributed by atoms with van der Waals surface area (Å²) in [5, 5.41) is 0. The Morgan fingerprint density at radius 1 is 0.233 bits per heavy atom. The molecule has 0 spiro atoms. The SMILES string of the molecule is c1ccc(-c2cccc(-c3ccccc3)c2-c2c3c(cc4c2[Se]c2cc(N(c5ccccc5)c5ccccc5)cc5c2B4c2ccccc2N5c2c(-c4ccccc4)cccc2-c2ccccc2)B2c4ccccc4N(c4c(-c5ccccc5)cccc4-c4ccccc4)c4cc(N(c5ccccc5)c5ccccc5)cc(c42)S3)cc1. The number of anilines is 12. The van der Waals surface area contributed by atoms with E-state index in [0.29, 0.717) is 0 Å². The minimum absolute atomic E-state index is 0.230. The van der Waals surface area contributed by atoms with Crippen LogP contribution in [0.2, 0.25) is 0 Å². The summed E-state index contributed by atoms with van der Waals surface area (Å²) in [5.41, 5.74) is 37.6. The van der Waals surface area contributed by atoms with Gasteiger partial charge in [-0.15, -0.1) is 0 Å². The summed E-state index contributed by atoms with van der Waals surface area (Å²) in [5.74, 6) is 0. The first-order valence-corrected chi connectivity index (χ1v) is 42.4. The van der Waals surface area contributed by atoms with Gasteiger partial charge in [0.1, 0.15) is 0 Å². The minimum atomic E-state index is -0.367. The zero-order chi connectivity index (χ0) is 76.6. The summed E-state index contributed by atoms with van der Waals surface area (Å²) in [6.07, 6.45) is 0. The molecule has 0 amide bonds. The maximum atomic E-state index is 2.76. The van der Waals surface area contributed by atoms with Crippen molar-refractivity contribution in [3.05, 3.63) is 437 Å². The number of benzene rings is 18. The van der Waals surface area contributed by atoms with E-state index in [0.717, 1.165) is 107 Å². The molecule has 18 aromatic rings. The molecule has 0 unspecified atom stereocenters. The zero-order valence-electron chi connectivity index (χ0n) is 63.3. The number of fused-ring (bicyclic) bond motifs is 8. The van der Waals surface area contributed by atoms with Crippen LogP contribution >= 0.6 is 11.8 Å². The number of rotatable bonds is 15. The van der Waals surface area contributed by atoms with Crippen LogP contribution in [0, 0.1) is 0 Å². The second kappa shape index (κ2) is 29.3. The Hall–Kier alpha value is -13.8. The molecule has 18 aromatic carbocycles. The van der Waals surface area contributed by atoms with Crippen molar-refractivity contribution in [2.24, 2.45) is 0 Å². The molecular formula is C108H72B2N4SSe. The second-order valence-electron chi connectivity index (χ2n) is 30.0. The van der Waals surface area contributed by atoms with Gasteiger partial charge in [-0.1, -0.05) is 36.4 Å². The predicted molar refractivity (Wildman–Crippen MR) is 495 cm³/mol. The Balaban J connectivity index is 0.890. The summed E-state index contributed by atoms with van der Waals surface area (Å²) in [6.45, 7) is -0.481. The molecule has 4 aliphatic rings. The van der Waals surface area contributed by atoms with E-state index in [2.05, 4.69) is 456 Å². The van der Waals surface area contributed by atoms with Gasteiger partial charge in [0.2, 0.25) is 0 Å². The molecule has 4 nitrogen and oxygen atoms in total. The number of hydrogen-bond donors (Lipinski definition) is 0. The molecule has 0 saturated heterocycles. The average Bonchev–Trinajstić information content (AvgIpc) is 0.683. The van der Waals surface area contributed by atoms with Crippen LogP contribution in [0.15, 0.2) is 447 Å². The van der Waals surface area contributed by atoms with Gasteiger partial charge in [-0.05, 0) is 0 Å². The van der Waals surface area contributed by atoms with Crippen LogP contribution < -0.4 is 61.3 Å². The van der Waals surface area contributed by atoms with E-state index in [1.165, 1.54) is 90.6 Å². The van der Waals surface area contributed by atoms with Gasteiger partial charge in [0.05, 0.1) is 0 Å². The standard InChI is InChI=1S/C108H72B2N4SSe/c1-11-38-73(39-12-1)85-58-35-59-86(74-40-13-2-14-41-74)101(85)102-107-93(109-91-64-31-33-66-95(91)113(105-87(75-42-15-3-16-43-75)60-36-61-88(105)76-44-17-4-18-45-76)97-68-83(70-99(115-107)103(97)109)111(79-50-23-7-24-51-79)80-52-25-8-26-53-80)72-94-108(102)116-100-71-84(112(81-54-27-9-28-55-81)82-56-29-10-30-57-82)69-98-104(100)110(94)92-65-32-34-67-96(92)114(98)106-89(77-46-19-5-20-47-77)62-37-63-90(106)78-48-21-6-22-49-78/h1-72H. The molecule has 0 fully saturated rings. The molecule has 0 atom stereocenters. The van der Waals surface area contributed by atoms with Crippen LogP contribution in [0.4, 0.5) is 68.2 Å². The van der Waals surface area contributed by atoms with Crippen molar-refractivity contribution in [1.82, 2.24) is 0 Å². The molecule has 116 heavy (non-hydrogen) atoms. The fourth-order valence-electron chi connectivity index (χ4n) is 18.6. The van der Waals surface area contributed by atoms with E-state index in [1.807, 2.05) is 11.8 Å². The van der Waals surface area contributed by atoms with E-state index in [9.17, 15) is 0 Å². The van der Waals surface area contributed by atoms with Crippen molar-refractivity contribution in [3.8, 4) is 77.9 Å². The molecule has 0 bridgehead atoms. The van der Waals surface area contributed by atoms with E-state index in [4.69, 9.17) is 0 Å². The van der Waals surface area contributed by atoms with Gasteiger partial charge in [-0.2, -0.15) is 0 Å². The van der Waals surface area contributed by atoms with Crippen molar-refractivity contribution in [2.45, 2.75) is 9.79 Å². The Morgan fingerprint density at radius 3 is 0.922 bits per heavy atom. The first-order valence-electron chi connectivity index (χ1n) is 39.9. The van der Waals surface area contributed by atoms with Crippen LogP contribution in [0.25, 0.3) is 77.9 Å². The molecule has 0 N–H and O–H groups in total. The van der Waals surface area contributed by atoms with Crippen LogP contribution in [0.5, 0.6) is 0 Å². The third-order valence-electron chi connectivity index (χ3n) is 23.5. The molecule has 8 heteroatoms. The van der Waals surface area contributed by atoms with Crippen molar-refractivity contribution >= 4 is 150 Å². The number of para-hydroxylation sites is 8. The maximum absolute atomic E-state index is 2.76. The Kier molecular flexibility index (Phi) is 17.4. The van der Waals surface area contributed by atoms with Gasteiger partial charge in [-0.3, -0.25) is 0 Å². The van der Waals surface area contributed by atoms with Crippen LogP contribution in [0.3, 0.4) is 0 Å². The summed E-state index contributed by atoms with van der Waals surface area (Å²) >= 11 is 1.61. The Labute approximate surface area is 688 Å².